The molecule has 0 saturated carbocycles. The van der Waals surface area contributed by atoms with Gasteiger partial charge in [-0.05, 0) is 20.8 Å². The van der Waals surface area contributed by atoms with E-state index in [1.54, 1.807) is 0 Å². The number of rotatable bonds is 4. The van der Waals surface area contributed by atoms with Gasteiger partial charge in [0.2, 0.25) is 0 Å². The third-order valence-electron chi connectivity index (χ3n) is 3.38. The maximum absolute atomic E-state index is 4.27. The Balaban J connectivity index is 0. The standard InChI is InChI=1S/C14H27N.Y/c1-10-15(12(4)13(5,6)7)14(8,9)11(2)3;/h12H,1-2,4,10H2,3,5-9H3;/q-2;. The summed E-state index contributed by atoms with van der Waals surface area (Å²) in [7, 11) is 0. The van der Waals surface area contributed by atoms with Crippen LogP contribution in [-0.4, -0.2) is 23.0 Å². The van der Waals surface area contributed by atoms with Gasteiger partial charge in [0.1, 0.15) is 0 Å². The molecule has 16 heavy (non-hydrogen) atoms. The van der Waals surface area contributed by atoms with Gasteiger partial charge in [0, 0.05) is 38.2 Å². The van der Waals surface area contributed by atoms with Crippen LogP contribution in [0.5, 0.6) is 0 Å². The molecule has 1 atom stereocenters. The van der Waals surface area contributed by atoms with Gasteiger partial charge in [-0.15, -0.1) is 12.6 Å². The van der Waals surface area contributed by atoms with Crippen molar-refractivity contribution >= 4 is 0 Å². The van der Waals surface area contributed by atoms with Gasteiger partial charge in [-0.3, -0.25) is 0 Å². The Morgan fingerprint density at radius 2 is 1.62 bits per heavy atom. The summed E-state index contributed by atoms with van der Waals surface area (Å²) in [6.07, 6.45) is 0. The number of nitrogens with zero attached hydrogens (tertiary/aromatic N) is 1. The molecule has 0 aromatic rings. The van der Waals surface area contributed by atoms with Gasteiger partial charge in [0.25, 0.3) is 0 Å². The van der Waals surface area contributed by atoms with Gasteiger partial charge in [-0.2, -0.15) is 0 Å². The van der Waals surface area contributed by atoms with E-state index >= 15 is 0 Å². The van der Waals surface area contributed by atoms with Crippen LogP contribution in [-0.2, 0) is 32.7 Å². The molecule has 0 amide bonds. The molecule has 0 fully saturated rings. The Bertz CT molecular complexity index is 225. The Morgan fingerprint density at radius 1 is 1.25 bits per heavy atom. The molecule has 0 aromatic heterocycles. The molecule has 0 aliphatic rings. The van der Waals surface area contributed by atoms with Crippen molar-refractivity contribution in [1.29, 1.82) is 0 Å². The van der Waals surface area contributed by atoms with Gasteiger partial charge in [-0.1, -0.05) is 38.3 Å². The van der Waals surface area contributed by atoms with Crippen molar-refractivity contribution in [3.8, 4) is 0 Å². The van der Waals surface area contributed by atoms with Crippen LogP contribution in [0.15, 0.2) is 12.2 Å². The second-order valence-electron chi connectivity index (χ2n) is 5.91. The Morgan fingerprint density at radius 3 is 1.81 bits per heavy atom. The van der Waals surface area contributed by atoms with Crippen molar-refractivity contribution in [2.75, 3.05) is 6.54 Å². The molecule has 0 heterocycles. The normalized spacial score (nSPS) is 14.6. The van der Waals surface area contributed by atoms with Gasteiger partial charge < -0.3 is 18.7 Å². The van der Waals surface area contributed by atoms with Gasteiger partial charge in [0.05, 0.1) is 0 Å². The van der Waals surface area contributed by atoms with Crippen molar-refractivity contribution in [1.82, 2.24) is 4.90 Å². The largest absolute Gasteiger partial charge is 0.351 e. The molecular weight excluding hydrogens is 271 g/mol. The minimum Gasteiger partial charge on any atom is -0.351 e. The molecular formula is C14H27NY-2. The fourth-order valence-corrected chi connectivity index (χ4v) is 1.54. The zero-order valence-electron chi connectivity index (χ0n) is 11.9. The summed E-state index contributed by atoms with van der Waals surface area (Å²) >= 11 is 0. The molecule has 0 bridgehead atoms. The molecule has 1 nitrogen and oxygen atoms in total. The molecule has 1 unspecified atom stereocenters. The average Bonchev–Trinajstić information content (AvgIpc) is 2.02. The molecule has 1 radical (unpaired) electrons. The summed E-state index contributed by atoms with van der Waals surface area (Å²) in [4.78, 5) is 2.31. The minimum absolute atomic E-state index is 0. The molecule has 93 valence electrons. The summed E-state index contributed by atoms with van der Waals surface area (Å²) in [6, 6.07) is 0.238. The van der Waals surface area contributed by atoms with Crippen molar-refractivity contribution < 1.29 is 32.7 Å². The minimum atomic E-state index is -0.0402. The molecule has 0 rings (SSSR count). The first kappa shape index (κ1) is 19.2. The first-order valence-electron chi connectivity index (χ1n) is 5.60. The van der Waals surface area contributed by atoms with E-state index in [4.69, 9.17) is 0 Å². The van der Waals surface area contributed by atoms with E-state index in [-0.39, 0.29) is 49.7 Å². The Kier molecular flexibility index (Phi) is 7.97. The molecule has 2 heteroatoms. The van der Waals surface area contributed by atoms with E-state index < -0.39 is 0 Å². The molecule has 0 aliphatic heterocycles. The van der Waals surface area contributed by atoms with Crippen LogP contribution in [0.1, 0.15) is 41.5 Å². The second kappa shape index (κ2) is 6.66. The maximum Gasteiger partial charge on any atom is 0.0312 e. The predicted molar refractivity (Wildman–Crippen MR) is 69.6 cm³/mol. The summed E-state index contributed by atoms with van der Waals surface area (Å²) in [5, 5.41) is 0. The van der Waals surface area contributed by atoms with Crippen LogP contribution in [0.25, 0.3) is 0 Å². The van der Waals surface area contributed by atoms with Crippen LogP contribution < -0.4 is 0 Å². The van der Waals surface area contributed by atoms with E-state index in [1.165, 1.54) is 0 Å². The van der Waals surface area contributed by atoms with E-state index in [1.807, 2.05) is 0 Å². The van der Waals surface area contributed by atoms with E-state index in [0.29, 0.717) is 0 Å². The number of hydrogen-bond acceptors (Lipinski definition) is 1. The topological polar surface area (TPSA) is 3.24 Å². The van der Waals surface area contributed by atoms with Crippen LogP contribution >= 0.6 is 0 Å². The molecule has 0 aromatic carbocycles. The quantitative estimate of drug-likeness (QED) is 0.565. The van der Waals surface area contributed by atoms with Crippen molar-refractivity contribution in [2.24, 2.45) is 5.41 Å². The monoisotopic (exact) mass is 298 g/mol. The molecule has 0 spiro atoms. The summed E-state index contributed by atoms with van der Waals surface area (Å²) < 4.78 is 0. The summed E-state index contributed by atoms with van der Waals surface area (Å²) in [5.74, 6) is 0. The first-order valence-corrected chi connectivity index (χ1v) is 5.60. The van der Waals surface area contributed by atoms with Crippen LogP contribution in [0.2, 0.25) is 0 Å². The predicted octanol–water partition coefficient (Wildman–Crippen LogP) is 3.72. The Labute approximate surface area is 128 Å². The van der Waals surface area contributed by atoms with Gasteiger partial charge in [-0.25, -0.2) is 0 Å². The van der Waals surface area contributed by atoms with Gasteiger partial charge >= 0.3 is 0 Å². The average molecular weight is 298 g/mol. The van der Waals surface area contributed by atoms with Crippen molar-refractivity contribution in [2.45, 2.75) is 53.1 Å². The summed E-state index contributed by atoms with van der Waals surface area (Å²) in [5.41, 5.74) is 1.27. The van der Waals surface area contributed by atoms with E-state index in [2.05, 4.69) is 66.9 Å². The molecule has 0 saturated heterocycles. The fourth-order valence-electron chi connectivity index (χ4n) is 1.54. The fraction of sp³-hybridized carbons (Fsp3) is 0.714. The van der Waals surface area contributed by atoms with Crippen molar-refractivity contribution in [3.63, 3.8) is 0 Å². The van der Waals surface area contributed by atoms with Gasteiger partial charge in [0.15, 0.2) is 0 Å². The molecule has 0 N–H and O–H groups in total. The van der Waals surface area contributed by atoms with Crippen LogP contribution in [0, 0.1) is 19.3 Å². The van der Waals surface area contributed by atoms with Crippen molar-refractivity contribution in [3.05, 3.63) is 26.0 Å². The smallest absolute Gasteiger partial charge is 0.0312 e. The second-order valence-corrected chi connectivity index (χ2v) is 5.91. The zero-order chi connectivity index (χ0) is 12.4. The van der Waals surface area contributed by atoms with E-state index in [9.17, 15) is 0 Å². The number of hydrogen-bond donors (Lipinski definition) is 0. The maximum atomic E-state index is 4.27. The zero-order valence-corrected chi connectivity index (χ0v) is 14.8. The third kappa shape index (κ3) is 4.59. The van der Waals surface area contributed by atoms with Crippen LogP contribution in [0.4, 0.5) is 0 Å². The first-order chi connectivity index (χ1) is 6.55. The molecule has 0 aliphatic carbocycles. The SMILES string of the molecule is C=C(C)C(C)(C)N(C[CH2-])C([CH2-])C(C)(C)C.[Y]. The van der Waals surface area contributed by atoms with E-state index in [0.717, 1.165) is 12.1 Å². The van der Waals surface area contributed by atoms with Crippen LogP contribution in [0.3, 0.4) is 0 Å². The summed E-state index contributed by atoms with van der Waals surface area (Å²) in [6.45, 7) is 26.2. The third-order valence-corrected chi connectivity index (χ3v) is 3.38. The Hall–Kier alpha value is 0.804.